The normalized spacial score (nSPS) is 17.8. The SMILES string of the molecule is CCNC(=NCCn1cccn1)NC1CCN(c2cccc(Cl)c2)C1. The maximum atomic E-state index is 6.11. The van der Waals surface area contributed by atoms with Crippen LogP contribution in [0.1, 0.15) is 13.3 Å². The minimum Gasteiger partial charge on any atom is -0.369 e. The highest BCUT2D eigenvalue weighted by Crippen LogP contribution is 2.23. The van der Waals surface area contributed by atoms with Crippen molar-refractivity contribution < 1.29 is 0 Å². The van der Waals surface area contributed by atoms with Crippen molar-refractivity contribution in [2.24, 2.45) is 4.99 Å². The fourth-order valence-corrected chi connectivity index (χ4v) is 3.18. The van der Waals surface area contributed by atoms with Crippen LogP contribution in [0.25, 0.3) is 0 Å². The molecule has 1 aliphatic rings. The molecule has 0 bridgehead atoms. The molecule has 1 unspecified atom stereocenters. The Labute approximate surface area is 153 Å². The van der Waals surface area contributed by atoms with Crippen LogP contribution in [0.5, 0.6) is 0 Å². The Bertz CT molecular complexity index is 685. The first-order valence-corrected chi connectivity index (χ1v) is 9.15. The Morgan fingerprint density at radius 3 is 3.08 bits per heavy atom. The van der Waals surface area contributed by atoms with E-state index in [2.05, 4.69) is 38.6 Å². The number of guanidine groups is 1. The summed E-state index contributed by atoms with van der Waals surface area (Å²) < 4.78 is 1.89. The van der Waals surface area contributed by atoms with Gasteiger partial charge in [0, 0.05) is 48.8 Å². The lowest BCUT2D eigenvalue weighted by Gasteiger charge is -2.20. The van der Waals surface area contributed by atoms with E-state index in [1.807, 2.05) is 35.1 Å². The third-order valence-corrected chi connectivity index (χ3v) is 4.44. The second-order valence-electron chi connectivity index (χ2n) is 6.09. The zero-order valence-electron chi connectivity index (χ0n) is 14.5. The molecule has 1 fully saturated rings. The highest BCUT2D eigenvalue weighted by molar-refractivity contribution is 6.30. The Morgan fingerprint density at radius 1 is 1.40 bits per heavy atom. The number of halogens is 1. The summed E-state index contributed by atoms with van der Waals surface area (Å²) in [4.78, 5) is 7.02. The van der Waals surface area contributed by atoms with Gasteiger partial charge in [-0.1, -0.05) is 17.7 Å². The Balaban J connectivity index is 1.53. The predicted octanol–water partition coefficient (Wildman–Crippen LogP) is 2.37. The second-order valence-corrected chi connectivity index (χ2v) is 6.52. The maximum Gasteiger partial charge on any atom is 0.191 e. The molecule has 3 rings (SSSR count). The highest BCUT2D eigenvalue weighted by Gasteiger charge is 2.23. The number of benzene rings is 1. The summed E-state index contributed by atoms with van der Waals surface area (Å²) in [5.74, 6) is 0.868. The largest absolute Gasteiger partial charge is 0.369 e. The van der Waals surface area contributed by atoms with E-state index in [4.69, 9.17) is 11.6 Å². The molecule has 2 aromatic rings. The van der Waals surface area contributed by atoms with Gasteiger partial charge in [0.1, 0.15) is 0 Å². The zero-order chi connectivity index (χ0) is 17.5. The van der Waals surface area contributed by atoms with Gasteiger partial charge >= 0.3 is 0 Å². The standard InChI is InChI=1S/C18H25ClN6/c1-2-20-18(21-9-12-25-10-4-8-22-25)23-16-7-11-24(14-16)17-6-3-5-15(19)13-17/h3-6,8,10,13,16H,2,7,9,11-12,14H2,1H3,(H2,20,21,23). The molecule has 0 radical (unpaired) electrons. The van der Waals surface area contributed by atoms with E-state index >= 15 is 0 Å². The molecule has 1 aromatic carbocycles. The van der Waals surface area contributed by atoms with Crippen LogP contribution in [0.2, 0.25) is 5.02 Å². The van der Waals surface area contributed by atoms with Gasteiger partial charge in [-0.2, -0.15) is 5.10 Å². The molecule has 1 atom stereocenters. The van der Waals surface area contributed by atoms with E-state index in [1.54, 1.807) is 6.20 Å². The lowest BCUT2D eigenvalue weighted by atomic mass is 10.3. The monoisotopic (exact) mass is 360 g/mol. The van der Waals surface area contributed by atoms with Crippen molar-refractivity contribution in [2.75, 3.05) is 31.1 Å². The summed E-state index contributed by atoms with van der Waals surface area (Å²) >= 11 is 6.11. The van der Waals surface area contributed by atoms with Crippen molar-refractivity contribution >= 4 is 23.2 Å². The topological polar surface area (TPSA) is 57.5 Å². The van der Waals surface area contributed by atoms with Crippen molar-refractivity contribution in [1.29, 1.82) is 0 Å². The van der Waals surface area contributed by atoms with Crippen molar-refractivity contribution in [1.82, 2.24) is 20.4 Å². The first-order chi connectivity index (χ1) is 12.2. The van der Waals surface area contributed by atoms with Gasteiger partial charge in [0.2, 0.25) is 0 Å². The van der Waals surface area contributed by atoms with Gasteiger partial charge in [-0.05, 0) is 37.6 Å². The van der Waals surface area contributed by atoms with Gasteiger partial charge in [-0.15, -0.1) is 0 Å². The summed E-state index contributed by atoms with van der Waals surface area (Å²) in [5.41, 5.74) is 1.18. The molecule has 1 aliphatic heterocycles. The highest BCUT2D eigenvalue weighted by atomic mass is 35.5. The van der Waals surface area contributed by atoms with Crippen molar-refractivity contribution in [3.8, 4) is 0 Å². The van der Waals surface area contributed by atoms with Crippen molar-refractivity contribution in [3.05, 3.63) is 47.7 Å². The van der Waals surface area contributed by atoms with Crippen molar-refractivity contribution in [3.63, 3.8) is 0 Å². The van der Waals surface area contributed by atoms with E-state index in [0.29, 0.717) is 12.6 Å². The summed E-state index contributed by atoms with van der Waals surface area (Å²) in [6, 6.07) is 10.3. The number of rotatable bonds is 6. The Morgan fingerprint density at radius 2 is 2.32 bits per heavy atom. The van der Waals surface area contributed by atoms with Crippen LogP contribution < -0.4 is 15.5 Å². The summed E-state index contributed by atoms with van der Waals surface area (Å²) in [7, 11) is 0. The number of aliphatic imine (C=N–C) groups is 1. The molecule has 1 saturated heterocycles. The third-order valence-electron chi connectivity index (χ3n) is 4.20. The van der Waals surface area contributed by atoms with Gasteiger partial charge < -0.3 is 15.5 Å². The van der Waals surface area contributed by atoms with Crippen LogP contribution in [0.4, 0.5) is 5.69 Å². The van der Waals surface area contributed by atoms with E-state index < -0.39 is 0 Å². The minimum atomic E-state index is 0.376. The number of hydrogen-bond acceptors (Lipinski definition) is 3. The first-order valence-electron chi connectivity index (χ1n) is 8.77. The molecule has 0 spiro atoms. The average molecular weight is 361 g/mol. The average Bonchev–Trinajstić information content (AvgIpc) is 3.27. The lowest BCUT2D eigenvalue weighted by molar-refractivity contribution is 0.613. The minimum absolute atomic E-state index is 0.376. The number of nitrogens with zero attached hydrogens (tertiary/aromatic N) is 4. The molecule has 0 aliphatic carbocycles. The van der Waals surface area contributed by atoms with E-state index in [0.717, 1.165) is 43.6 Å². The Hall–Kier alpha value is -2.21. The van der Waals surface area contributed by atoms with Gasteiger partial charge in [-0.25, -0.2) is 0 Å². The van der Waals surface area contributed by atoms with Gasteiger partial charge in [0.25, 0.3) is 0 Å². The molecule has 2 N–H and O–H groups in total. The Kier molecular flexibility index (Phi) is 6.17. The van der Waals surface area contributed by atoms with Gasteiger partial charge in [-0.3, -0.25) is 9.67 Å². The van der Waals surface area contributed by atoms with Crippen LogP contribution in [0, 0.1) is 0 Å². The van der Waals surface area contributed by atoms with Crippen LogP contribution in [-0.4, -0.2) is 48.0 Å². The first kappa shape index (κ1) is 17.6. The van der Waals surface area contributed by atoms with Crippen LogP contribution >= 0.6 is 11.6 Å². The van der Waals surface area contributed by atoms with Crippen LogP contribution in [0.15, 0.2) is 47.7 Å². The van der Waals surface area contributed by atoms with Crippen molar-refractivity contribution in [2.45, 2.75) is 25.9 Å². The quantitative estimate of drug-likeness (QED) is 0.613. The van der Waals surface area contributed by atoms with E-state index in [1.165, 1.54) is 5.69 Å². The number of aromatic nitrogens is 2. The number of hydrogen-bond donors (Lipinski definition) is 2. The molecule has 2 heterocycles. The zero-order valence-corrected chi connectivity index (χ0v) is 15.3. The molecule has 134 valence electrons. The summed E-state index contributed by atoms with van der Waals surface area (Å²) in [6.45, 7) is 6.37. The fourth-order valence-electron chi connectivity index (χ4n) is 3.00. The summed E-state index contributed by atoms with van der Waals surface area (Å²) in [5, 5.41) is 11.9. The molecule has 25 heavy (non-hydrogen) atoms. The smallest absolute Gasteiger partial charge is 0.191 e. The lowest BCUT2D eigenvalue weighted by Crippen LogP contribution is -2.44. The van der Waals surface area contributed by atoms with E-state index in [-0.39, 0.29) is 0 Å². The maximum absolute atomic E-state index is 6.11. The number of anilines is 1. The molecule has 0 saturated carbocycles. The van der Waals surface area contributed by atoms with Gasteiger partial charge in [0.15, 0.2) is 5.96 Å². The second kappa shape index (κ2) is 8.76. The van der Waals surface area contributed by atoms with Gasteiger partial charge in [0.05, 0.1) is 13.1 Å². The molecular weight excluding hydrogens is 336 g/mol. The molecule has 6 nitrogen and oxygen atoms in total. The van der Waals surface area contributed by atoms with Crippen LogP contribution in [-0.2, 0) is 6.54 Å². The summed E-state index contributed by atoms with van der Waals surface area (Å²) in [6.07, 6.45) is 4.82. The van der Waals surface area contributed by atoms with E-state index in [9.17, 15) is 0 Å². The fraction of sp³-hybridized carbons (Fsp3) is 0.444. The predicted molar refractivity (Wildman–Crippen MR) is 103 cm³/mol. The number of nitrogens with one attached hydrogen (secondary N) is 2. The molecule has 0 amide bonds. The molecule has 7 heteroatoms. The molecular formula is C18H25ClN6. The van der Waals surface area contributed by atoms with Crippen LogP contribution in [0.3, 0.4) is 0 Å². The third kappa shape index (κ3) is 5.13. The molecule has 1 aromatic heterocycles.